The number of phenols is 1. The highest BCUT2D eigenvalue weighted by Crippen LogP contribution is 2.23. The van der Waals surface area contributed by atoms with Gasteiger partial charge in [0, 0.05) is 5.56 Å². The lowest BCUT2D eigenvalue weighted by Crippen LogP contribution is -1.97. The molecule has 4 heteroatoms. The average molecular weight is 169 g/mol. The van der Waals surface area contributed by atoms with Gasteiger partial charge in [-0.2, -0.15) is 0 Å². The fourth-order valence-corrected chi connectivity index (χ4v) is 0.834. The lowest BCUT2D eigenvalue weighted by molar-refractivity contribution is 0.101. The van der Waals surface area contributed by atoms with Crippen LogP contribution in [0, 0.1) is 5.82 Å². The quantitative estimate of drug-likeness (QED) is 0.492. The highest BCUT2D eigenvalue weighted by atomic mass is 19.1. The topological polar surface area (TPSA) is 63.3 Å². The van der Waals surface area contributed by atoms with Crippen LogP contribution in [0.25, 0.3) is 0 Å². The van der Waals surface area contributed by atoms with Gasteiger partial charge in [-0.15, -0.1) is 0 Å². The molecule has 0 aliphatic rings. The molecule has 64 valence electrons. The summed E-state index contributed by atoms with van der Waals surface area (Å²) in [5, 5.41) is 8.92. The number of halogens is 1. The predicted octanol–water partition coefficient (Wildman–Crippen LogP) is 1.32. The van der Waals surface area contributed by atoms with Crippen LogP contribution < -0.4 is 5.73 Å². The van der Waals surface area contributed by atoms with Crippen molar-refractivity contribution in [3.05, 3.63) is 23.5 Å². The molecule has 0 aliphatic heterocycles. The van der Waals surface area contributed by atoms with Gasteiger partial charge in [-0.1, -0.05) is 0 Å². The summed E-state index contributed by atoms with van der Waals surface area (Å²) in [6.07, 6.45) is 0. The Kier molecular flexibility index (Phi) is 1.99. The van der Waals surface area contributed by atoms with Crippen molar-refractivity contribution in [2.45, 2.75) is 6.92 Å². The Labute approximate surface area is 68.6 Å². The Balaban J connectivity index is 3.31. The molecule has 0 fully saturated rings. The van der Waals surface area contributed by atoms with E-state index in [9.17, 15) is 9.18 Å². The first-order chi connectivity index (χ1) is 5.52. The summed E-state index contributed by atoms with van der Waals surface area (Å²) in [6, 6.07) is 2.24. The van der Waals surface area contributed by atoms with Gasteiger partial charge in [-0.05, 0) is 19.1 Å². The molecule has 1 rings (SSSR count). The minimum atomic E-state index is -0.889. The highest BCUT2D eigenvalue weighted by molar-refractivity contribution is 5.95. The zero-order valence-corrected chi connectivity index (χ0v) is 6.47. The Morgan fingerprint density at radius 3 is 2.58 bits per heavy atom. The summed E-state index contributed by atoms with van der Waals surface area (Å²) in [6.45, 7) is 1.31. The number of anilines is 1. The molecule has 0 amide bonds. The Hall–Kier alpha value is -1.58. The number of phenolic OH excluding ortho intramolecular Hbond substituents is 1. The number of hydrogen-bond donors (Lipinski definition) is 2. The lowest BCUT2D eigenvalue weighted by atomic mass is 10.1. The normalized spacial score (nSPS) is 9.83. The van der Waals surface area contributed by atoms with Crippen LogP contribution in [0.3, 0.4) is 0 Å². The second-order valence-electron chi connectivity index (χ2n) is 2.45. The minimum Gasteiger partial charge on any atom is -0.505 e. The van der Waals surface area contributed by atoms with E-state index in [2.05, 4.69) is 0 Å². The first-order valence-electron chi connectivity index (χ1n) is 3.31. The Morgan fingerprint density at radius 2 is 2.17 bits per heavy atom. The molecule has 0 spiro atoms. The van der Waals surface area contributed by atoms with Crippen LogP contribution in [0.1, 0.15) is 17.3 Å². The standard InChI is InChI=1S/C8H8FNO2/c1-4(11)5-2-6(10)8(9)7(12)3-5/h2-3,12H,10H2,1H3. The third kappa shape index (κ3) is 1.37. The van der Waals surface area contributed by atoms with Crippen LogP contribution in [0.15, 0.2) is 12.1 Å². The number of nitrogen functional groups attached to an aromatic ring is 1. The molecule has 3 nitrogen and oxygen atoms in total. The monoisotopic (exact) mass is 169 g/mol. The van der Waals surface area contributed by atoms with Gasteiger partial charge in [-0.25, -0.2) is 4.39 Å². The number of ketones is 1. The number of aromatic hydroxyl groups is 1. The molecule has 0 heterocycles. The number of Topliss-reactive ketones (excluding diaryl/α,β-unsaturated/α-hetero) is 1. The van der Waals surface area contributed by atoms with Crippen molar-refractivity contribution in [2.24, 2.45) is 0 Å². The van der Waals surface area contributed by atoms with E-state index in [4.69, 9.17) is 10.8 Å². The summed E-state index contributed by atoms with van der Waals surface area (Å²) in [7, 11) is 0. The number of carbonyl (C=O) groups is 1. The summed E-state index contributed by atoms with van der Waals surface area (Å²) < 4.78 is 12.7. The lowest BCUT2D eigenvalue weighted by Gasteiger charge is -2.01. The Morgan fingerprint density at radius 1 is 1.58 bits per heavy atom. The van der Waals surface area contributed by atoms with E-state index in [1.807, 2.05) is 0 Å². The zero-order chi connectivity index (χ0) is 9.30. The number of carbonyl (C=O) groups excluding carboxylic acids is 1. The van der Waals surface area contributed by atoms with E-state index in [0.29, 0.717) is 0 Å². The number of nitrogens with two attached hydrogens (primary N) is 1. The van der Waals surface area contributed by atoms with Gasteiger partial charge in [0.05, 0.1) is 5.69 Å². The molecule has 0 aliphatic carbocycles. The van der Waals surface area contributed by atoms with Crippen molar-refractivity contribution in [1.29, 1.82) is 0 Å². The summed E-state index contributed by atoms with van der Waals surface area (Å²) in [5.74, 6) is -1.75. The first kappa shape index (κ1) is 8.52. The van der Waals surface area contributed by atoms with E-state index < -0.39 is 11.6 Å². The van der Waals surface area contributed by atoms with Crippen molar-refractivity contribution in [3.8, 4) is 5.75 Å². The van der Waals surface area contributed by atoms with Gasteiger partial charge in [0.1, 0.15) is 0 Å². The fraction of sp³-hybridized carbons (Fsp3) is 0.125. The number of rotatable bonds is 1. The van der Waals surface area contributed by atoms with Crippen LogP contribution in [-0.2, 0) is 0 Å². The molecule has 0 saturated carbocycles. The molecule has 0 radical (unpaired) electrons. The molecule has 0 atom stereocenters. The van der Waals surface area contributed by atoms with Crippen molar-refractivity contribution >= 4 is 11.5 Å². The zero-order valence-electron chi connectivity index (χ0n) is 6.47. The maximum atomic E-state index is 12.7. The maximum absolute atomic E-state index is 12.7. The summed E-state index contributed by atoms with van der Waals surface area (Å²) >= 11 is 0. The minimum absolute atomic E-state index is 0.200. The van der Waals surface area contributed by atoms with E-state index >= 15 is 0 Å². The molecule has 12 heavy (non-hydrogen) atoms. The van der Waals surface area contributed by atoms with E-state index in [1.54, 1.807) is 0 Å². The first-order valence-corrected chi connectivity index (χ1v) is 3.31. The van der Waals surface area contributed by atoms with Crippen LogP contribution in [0.2, 0.25) is 0 Å². The molecule has 0 unspecified atom stereocenters. The van der Waals surface area contributed by atoms with Gasteiger partial charge in [0.15, 0.2) is 17.3 Å². The molecule has 3 N–H and O–H groups in total. The average Bonchev–Trinajstić information content (AvgIpc) is 1.99. The highest BCUT2D eigenvalue weighted by Gasteiger charge is 2.09. The Bertz CT molecular complexity index is 313. The third-order valence-corrected chi connectivity index (χ3v) is 1.49. The molecule has 0 bridgehead atoms. The predicted molar refractivity (Wildman–Crippen MR) is 42.5 cm³/mol. The molecule has 0 aromatic heterocycles. The van der Waals surface area contributed by atoms with Gasteiger partial charge >= 0.3 is 0 Å². The van der Waals surface area contributed by atoms with E-state index in [-0.39, 0.29) is 17.0 Å². The van der Waals surface area contributed by atoms with Crippen molar-refractivity contribution < 1.29 is 14.3 Å². The van der Waals surface area contributed by atoms with Crippen molar-refractivity contribution in [1.82, 2.24) is 0 Å². The molecular weight excluding hydrogens is 161 g/mol. The van der Waals surface area contributed by atoms with Crippen LogP contribution in [0.4, 0.5) is 10.1 Å². The SMILES string of the molecule is CC(=O)c1cc(N)c(F)c(O)c1. The van der Waals surface area contributed by atoms with Crippen LogP contribution in [0.5, 0.6) is 5.75 Å². The van der Waals surface area contributed by atoms with Crippen LogP contribution >= 0.6 is 0 Å². The second-order valence-corrected chi connectivity index (χ2v) is 2.45. The number of benzene rings is 1. The third-order valence-electron chi connectivity index (χ3n) is 1.49. The van der Waals surface area contributed by atoms with E-state index in [1.165, 1.54) is 13.0 Å². The summed E-state index contributed by atoms with van der Waals surface area (Å²) in [5.41, 5.74) is 5.15. The molecule has 1 aromatic carbocycles. The maximum Gasteiger partial charge on any atom is 0.187 e. The van der Waals surface area contributed by atoms with Crippen molar-refractivity contribution in [2.75, 3.05) is 5.73 Å². The van der Waals surface area contributed by atoms with E-state index in [0.717, 1.165) is 6.07 Å². The van der Waals surface area contributed by atoms with Gasteiger partial charge < -0.3 is 10.8 Å². The van der Waals surface area contributed by atoms with Gasteiger partial charge in [0.2, 0.25) is 0 Å². The molecule has 1 aromatic rings. The number of hydrogen-bond acceptors (Lipinski definition) is 3. The van der Waals surface area contributed by atoms with Gasteiger partial charge in [0.25, 0.3) is 0 Å². The smallest absolute Gasteiger partial charge is 0.187 e. The molecule has 0 saturated heterocycles. The summed E-state index contributed by atoms with van der Waals surface area (Å²) in [4.78, 5) is 10.8. The van der Waals surface area contributed by atoms with Gasteiger partial charge in [-0.3, -0.25) is 4.79 Å². The largest absolute Gasteiger partial charge is 0.505 e. The fourth-order valence-electron chi connectivity index (χ4n) is 0.834. The van der Waals surface area contributed by atoms with Crippen LogP contribution in [-0.4, -0.2) is 10.9 Å². The molecular formula is C8H8FNO2. The second kappa shape index (κ2) is 2.81. The van der Waals surface area contributed by atoms with Crippen molar-refractivity contribution in [3.63, 3.8) is 0 Å².